The number of benzene rings is 1. The van der Waals surface area contributed by atoms with Gasteiger partial charge in [-0.1, -0.05) is 6.07 Å². The first-order valence-corrected chi connectivity index (χ1v) is 7.14. The van der Waals surface area contributed by atoms with Crippen LogP contribution in [0.25, 0.3) is 0 Å². The number of nitrogens with one attached hydrogen (secondary N) is 1. The molecule has 1 aromatic rings. The van der Waals surface area contributed by atoms with Gasteiger partial charge in [0.15, 0.2) is 11.6 Å². The molecule has 1 aliphatic rings. The molecule has 1 fully saturated rings. The van der Waals surface area contributed by atoms with Crippen molar-refractivity contribution < 1.29 is 13.5 Å². The molecule has 5 heteroatoms. The van der Waals surface area contributed by atoms with Crippen LogP contribution in [0.2, 0.25) is 0 Å². The van der Waals surface area contributed by atoms with Gasteiger partial charge in [0.2, 0.25) is 0 Å². The zero-order valence-corrected chi connectivity index (χ0v) is 11.7. The Morgan fingerprint density at radius 2 is 2.10 bits per heavy atom. The van der Waals surface area contributed by atoms with E-state index in [0.29, 0.717) is 18.4 Å². The first kappa shape index (κ1) is 15.4. The van der Waals surface area contributed by atoms with Crippen LogP contribution in [0.1, 0.15) is 31.7 Å². The van der Waals surface area contributed by atoms with E-state index in [1.807, 2.05) is 6.92 Å². The standard InChI is InChI=1S/C15H22F2N2O/c1-2-20-13-7-11(8-13)6-12(19-18)5-10-3-4-14(16)15(17)9-10/h3-4,9,11-13,19H,2,5-8,18H2,1H3. The predicted octanol–water partition coefficient (Wildman–Crippen LogP) is 2.54. The van der Waals surface area contributed by atoms with E-state index in [0.717, 1.165) is 37.5 Å². The molecule has 0 radical (unpaired) electrons. The summed E-state index contributed by atoms with van der Waals surface area (Å²) < 4.78 is 31.6. The van der Waals surface area contributed by atoms with Crippen LogP contribution >= 0.6 is 0 Å². The van der Waals surface area contributed by atoms with Crippen molar-refractivity contribution in [3.05, 3.63) is 35.4 Å². The van der Waals surface area contributed by atoms with Crippen molar-refractivity contribution in [2.75, 3.05) is 6.61 Å². The lowest BCUT2D eigenvalue weighted by Gasteiger charge is -2.37. The van der Waals surface area contributed by atoms with Gasteiger partial charge in [0.25, 0.3) is 0 Å². The van der Waals surface area contributed by atoms with Gasteiger partial charge in [-0.25, -0.2) is 8.78 Å². The highest BCUT2D eigenvalue weighted by atomic mass is 19.2. The molecule has 0 bridgehead atoms. The second-order valence-electron chi connectivity index (χ2n) is 5.47. The molecule has 0 spiro atoms. The van der Waals surface area contributed by atoms with Crippen LogP contribution < -0.4 is 11.3 Å². The Balaban J connectivity index is 1.82. The summed E-state index contributed by atoms with van der Waals surface area (Å²) in [5, 5.41) is 0. The minimum atomic E-state index is -0.815. The van der Waals surface area contributed by atoms with Crippen LogP contribution in [0.3, 0.4) is 0 Å². The maximum atomic E-state index is 13.2. The smallest absolute Gasteiger partial charge is 0.159 e. The van der Waals surface area contributed by atoms with Gasteiger partial charge in [-0.05, 0) is 56.2 Å². The molecule has 0 amide bonds. The quantitative estimate of drug-likeness (QED) is 0.597. The molecule has 2 rings (SSSR count). The summed E-state index contributed by atoms with van der Waals surface area (Å²) in [6.07, 6.45) is 4.03. The molecule has 20 heavy (non-hydrogen) atoms. The lowest BCUT2D eigenvalue weighted by Crippen LogP contribution is -2.42. The molecule has 1 saturated carbocycles. The van der Waals surface area contributed by atoms with Crippen LogP contribution in [0.4, 0.5) is 8.78 Å². The average molecular weight is 284 g/mol. The van der Waals surface area contributed by atoms with Crippen molar-refractivity contribution in [2.24, 2.45) is 11.8 Å². The summed E-state index contributed by atoms with van der Waals surface area (Å²) in [5.74, 6) is 4.53. The van der Waals surface area contributed by atoms with Gasteiger partial charge in [-0.3, -0.25) is 11.3 Å². The Bertz CT molecular complexity index is 436. The summed E-state index contributed by atoms with van der Waals surface area (Å²) in [6.45, 7) is 2.76. The molecule has 1 aromatic carbocycles. The highest BCUT2D eigenvalue weighted by molar-refractivity contribution is 5.18. The number of halogens is 2. The van der Waals surface area contributed by atoms with E-state index in [2.05, 4.69) is 5.43 Å². The van der Waals surface area contributed by atoms with E-state index in [9.17, 15) is 8.78 Å². The van der Waals surface area contributed by atoms with E-state index in [4.69, 9.17) is 10.6 Å². The molecule has 1 unspecified atom stereocenters. The average Bonchev–Trinajstić information content (AvgIpc) is 2.39. The van der Waals surface area contributed by atoms with E-state index in [1.54, 1.807) is 6.07 Å². The molecule has 1 atom stereocenters. The Kier molecular flexibility index (Phi) is 5.46. The van der Waals surface area contributed by atoms with Gasteiger partial charge in [0.05, 0.1) is 6.10 Å². The van der Waals surface area contributed by atoms with E-state index >= 15 is 0 Å². The summed E-state index contributed by atoms with van der Waals surface area (Å²) in [4.78, 5) is 0. The van der Waals surface area contributed by atoms with Gasteiger partial charge in [0.1, 0.15) is 0 Å². The molecule has 0 heterocycles. The number of hydrazine groups is 1. The molecule has 112 valence electrons. The van der Waals surface area contributed by atoms with Gasteiger partial charge in [-0.2, -0.15) is 0 Å². The molecule has 0 aromatic heterocycles. The summed E-state index contributed by atoms with van der Waals surface area (Å²) in [6, 6.07) is 4.08. The summed E-state index contributed by atoms with van der Waals surface area (Å²) in [7, 11) is 0. The Morgan fingerprint density at radius 1 is 1.35 bits per heavy atom. The molecule has 0 aliphatic heterocycles. The zero-order valence-electron chi connectivity index (χ0n) is 11.7. The normalized spacial score (nSPS) is 23.4. The minimum absolute atomic E-state index is 0.0763. The van der Waals surface area contributed by atoms with Gasteiger partial charge < -0.3 is 4.74 Å². The predicted molar refractivity (Wildman–Crippen MR) is 73.9 cm³/mol. The van der Waals surface area contributed by atoms with Crippen molar-refractivity contribution in [3.8, 4) is 0 Å². The largest absolute Gasteiger partial charge is 0.378 e. The fourth-order valence-corrected chi connectivity index (χ4v) is 2.80. The lowest BCUT2D eigenvalue weighted by atomic mass is 9.77. The second-order valence-corrected chi connectivity index (χ2v) is 5.47. The molecule has 3 nitrogen and oxygen atoms in total. The van der Waals surface area contributed by atoms with Crippen molar-refractivity contribution in [1.29, 1.82) is 0 Å². The Hall–Kier alpha value is -1.04. The number of hydrogen-bond donors (Lipinski definition) is 2. The third-order valence-corrected chi connectivity index (χ3v) is 3.91. The molecule has 3 N–H and O–H groups in total. The van der Waals surface area contributed by atoms with Crippen LogP contribution in [0, 0.1) is 17.6 Å². The second kappa shape index (κ2) is 7.11. The van der Waals surface area contributed by atoms with E-state index in [1.165, 1.54) is 6.07 Å². The summed E-state index contributed by atoms with van der Waals surface area (Å²) in [5.41, 5.74) is 3.53. The van der Waals surface area contributed by atoms with Gasteiger partial charge in [0, 0.05) is 12.6 Å². The number of rotatable bonds is 7. The first-order chi connectivity index (χ1) is 9.62. The fourth-order valence-electron chi connectivity index (χ4n) is 2.80. The van der Waals surface area contributed by atoms with E-state index < -0.39 is 11.6 Å². The topological polar surface area (TPSA) is 47.3 Å². The SMILES string of the molecule is CCOC1CC(CC(Cc2ccc(F)c(F)c2)NN)C1. The minimum Gasteiger partial charge on any atom is -0.378 e. The van der Waals surface area contributed by atoms with E-state index in [-0.39, 0.29) is 6.04 Å². The highest BCUT2D eigenvalue weighted by Crippen LogP contribution is 2.34. The van der Waals surface area contributed by atoms with Crippen LogP contribution in [0.5, 0.6) is 0 Å². The summed E-state index contributed by atoms with van der Waals surface area (Å²) >= 11 is 0. The van der Waals surface area contributed by atoms with Crippen LogP contribution in [0.15, 0.2) is 18.2 Å². The molecular weight excluding hydrogens is 262 g/mol. The van der Waals surface area contributed by atoms with Gasteiger partial charge >= 0.3 is 0 Å². The molecule has 1 aliphatic carbocycles. The number of ether oxygens (including phenoxy) is 1. The van der Waals surface area contributed by atoms with Gasteiger partial charge in [-0.15, -0.1) is 0 Å². The third kappa shape index (κ3) is 3.98. The Labute approximate surface area is 118 Å². The highest BCUT2D eigenvalue weighted by Gasteiger charge is 2.31. The van der Waals surface area contributed by atoms with Crippen LogP contribution in [-0.2, 0) is 11.2 Å². The van der Waals surface area contributed by atoms with Crippen molar-refractivity contribution in [2.45, 2.75) is 44.8 Å². The van der Waals surface area contributed by atoms with Crippen molar-refractivity contribution in [3.63, 3.8) is 0 Å². The number of nitrogens with two attached hydrogens (primary N) is 1. The Morgan fingerprint density at radius 3 is 2.70 bits per heavy atom. The third-order valence-electron chi connectivity index (χ3n) is 3.91. The maximum Gasteiger partial charge on any atom is 0.159 e. The molecular formula is C15H22F2N2O. The molecule has 0 saturated heterocycles. The van der Waals surface area contributed by atoms with Crippen molar-refractivity contribution >= 4 is 0 Å². The monoisotopic (exact) mass is 284 g/mol. The van der Waals surface area contributed by atoms with Crippen molar-refractivity contribution in [1.82, 2.24) is 5.43 Å². The first-order valence-electron chi connectivity index (χ1n) is 7.14. The lowest BCUT2D eigenvalue weighted by molar-refractivity contribution is -0.0290. The zero-order chi connectivity index (χ0) is 14.5. The fraction of sp³-hybridized carbons (Fsp3) is 0.600. The number of hydrogen-bond acceptors (Lipinski definition) is 3. The van der Waals surface area contributed by atoms with Crippen LogP contribution in [-0.4, -0.2) is 18.8 Å². The maximum absolute atomic E-state index is 13.2.